The lowest BCUT2D eigenvalue weighted by Crippen LogP contribution is -2.13. The molecule has 0 saturated heterocycles. The lowest BCUT2D eigenvalue weighted by atomic mass is 10.1. The molecule has 0 spiro atoms. The van der Waals surface area contributed by atoms with E-state index < -0.39 is 4.92 Å². The molecule has 4 rings (SSSR count). The fourth-order valence-corrected chi connectivity index (χ4v) is 3.57. The number of non-ortho nitro benzene ring substituents is 1. The van der Waals surface area contributed by atoms with Gasteiger partial charge in [-0.2, -0.15) is 5.10 Å². The summed E-state index contributed by atoms with van der Waals surface area (Å²) in [5.74, 6) is 0.669. The molecular formula is C25H21ClN4O4. The molecule has 0 saturated carbocycles. The number of hydrogen-bond donors (Lipinski definition) is 1. The Balaban J connectivity index is 1.39. The second-order valence-electron chi connectivity index (χ2n) is 7.65. The SMILES string of the molecule is Cc1cc(NC(=O)c2cccc(COc3ccc([N+](=O)[O-])cc3)c2)nn1Cc1cccc(Cl)c1. The van der Waals surface area contributed by atoms with Crippen LogP contribution < -0.4 is 10.1 Å². The number of anilines is 1. The van der Waals surface area contributed by atoms with Crippen molar-refractivity contribution in [2.24, 2.45) is 0 Å². The standard InChI is InChI=1S/C25H21ClN4O4/c1-17-12-24(28-29(17)15-18-4-3-7-21(26)14-18)27-25(31)20-6-2-5-19(13-20)16-34-23-10-8-22(9-11-23)30(32)33/h2-14H,15-16H2,1H3,(H,27,28,31). The van der Waals surface area contributed by atoms with E-state index in [1.165, 1.54) is 24.3 Å². The molecule has 172 valence electrons. The van der Waals surface area contributed by atoms with Crippen molar-refractivity contribution < 1.29 is 14.5 Å². The van der Waals surface area contributed by atoms with Crippen molar-refractivity contribution in [2.45, 2.75) is 20.1 Å². The third-order valence-electron chi connectivity index (χ3n) is 5.09. The molecule has 0 radical (unpaired) electrons. The monoisotopic (exact) mass is 476 g/mol. The van der Waals surface area contributed by atoms with Crippen LogP contribution in [0.15, 0.2) is 78.9 Å². The van der Waals surface area contributed by atoms with Crippen LogP contribution in [0.2, 0.25) is 5.02 Å². The maximum Gasteiger partial charge on any atom is 0.269 e. The van der Waals surface area contributed by atoms with Crippen LogP contribution in [0.4, 0.5) is 11.5 Å². The number of nitrogens with one attached hydrogen (secondary N) is 1. The molecule has 0 unspecified atom stereocenters. The van der Waals surface area contributed by atoms with Crippen LogP contribution in [0, 0.1) is 17.0 Å². The molecule has 9 heteroatoms. The van der Waals surface area contributed by atoms with E-state index in [2.05, 4.69) is 10.4 Å². The van der Waals surface area contributed by atoms with E-state index in [0.717, 1.165) is 16.8 Å². The lowest BCUT2D eigenvalue weighted by molar-refractivity contribution is -0.384. The van der Waals surface area contributed by atoms with Crippen molar-refractivity contribution >= 4 is 29.0 Å². The number of nitro benzene ring substituents is 1. The summed E-state index contributed by atoms with van der Waals surface area (Å²) in [7, 11) is 0. The molecule has 1 N–H and O–H groups in total. The highest BCUT2D eigenvalue weighted by molar-refractivity contribution is 6.30. The fourth-order valence-electron chi connectivity index (χ4n) is 3.36. The Morgan fingerprint density at radius 3 is 2.53 bits per heavy atom. The number of rotatable bonds is 8. The summed E-state index contributed by atoms with van der Waals surface area (Å²) in [4.78, 5) is 23.1. The smallest absolute Gasteiger partial charge is 0.269 e. The van der Waals surface area contributed by atoms with E-state index in [1.807, 2.05) is 43.3 Å². The number of carbonyl (C=O) groups is 1. The van der Waals surface area contributed by atoms with E-state index in [9.17, 15) is 14.9 Å². The van der Waals surface area contributed by atoms with Crippen LogP contribution in [0.3, 0.4) is 0 Å². The molecule has 0 bridgehead atoms. The van der Waals surface area contributed by atoms with E-state index in [-0.39, 0.29) is 18.2 Å². The zero-order valence-corrected chi connectivity index (χ0v) is 19.0. The van der Waals surface area contributed by atoms with Gasteiger partial charge in [-0.3, -0.25) is 19.6 Å². The van der Waals surface area contributed by atoms with Gasteiger partial charge in [-0.25, -0.2) is 0 Å². The third-order valence-corrected chi connectivity index (χ3v) is 5.32. The highest BCUT2D eigenvalue weighted by atomic mass is 35.5. The zero-order valence-electron chi connectivity index (χ0n) is 18.3. The first-order chi connectivity index (χ1) is 16.4. The maximum absolute atomic E-state index is 12.8. The van der Waals surface area contributed by atoms with Crippen molar-refractivity contribution in [1.82, 2.24) is 9.78 Å². The number of carbonyl (C=O) groups excluding carboxylic acids is 1. The number of aromatic nitrogens is 2. The average molecular weight is 477 g/mol. The Morgan fingerprint density at radius 2 is 1.79 bits per heavy atom. The molecule has 0 aliphatic rings. The molecule has 0 aliphatic heterocycles. The molecular weight excluding hydrogens is 456 g/mol. The minimum Gasteiger partial charge on any atom is -0.489 e. The molecule has 1 heterocycles. The van der Waals surface area contributed by atoms with Gasteiger partial charge >= 0.3 is 0 Å². The van der Waals surface area contributed by atoms with Gasteiger partial charge in [-0.15, -0.1) is 0 Å². The Morgan fingerprint density at radius 1 is 1.06 bits per heavy atom. The van der Waals surface area contributed by atoms with Crippen molar-refractivity contribution in [3.8, 4) is 5.75 Å². The molecule has 3 aromatic carbocycles. The zero-order chi connectivity index (χ0) is 24.1. The number of nitro groups is 1. The second-order valence-corrected chi connectivity index (χ2v) is 8.09. The van der Waals surface area contributed by atoms with Gasteiger partial charge in [0.2, 0.25) is 0 Å². The minimum atomic E-state index is -0.465. The molecule has 1 aromatic heterocycles. The molecule has 0 fully saturated rings. The van der Waals surface area contributed by atoms with Crippen molar-refractivity contribution in [2.75, 3.05) is 5.32 Å². The van der Waals surface area contributed by atoms with Gasteiger partial charge in [0.05, 0.1) is 11.5 Å². The van der Waals surface area contributed by atoms with Gasteiger partial charge in [-0.1, -0.05) is 35.9 Å². The summed E-state index contributed by atoms with van der Waals surface area (Å²) >= 11 is 6.06. The van der Waals surface area contributed by atoms with E-state index in [1.54, 1.807) is 22.9 Å². The number of nitrogens with zero attached hydrogens (tertiary/aromatic N) is 3. The number of benzene rings is 3. The number of aryl methyl sites for hydroxylation is 1. The Kier molecular flexibility index (Phi) is 6.89. The first-order valence-corrected chi connectivity index (χ1v) is 10.8. The highest BCUT2D eigenvalue weighted by Crippen LogP contribution is 2.19. The number of amides is 1. The van der Waals surface area contributed by atoms with Crippen LogP contribution in [0.5, 0.6) is 5.75 Å². The van der Waals surface area contributed by atoms with Crippen LogP contribution in [-0.2, 0) is 13.2 Å². The summed E-state index contributed by atoms with van der Waals surface area (Å²) in [6.45, 7) is 2.67. The molecule has 0 atom stereocenters. The first kappa shape index (κ1) is 23.0. The van der Waals surface area contributed by atoms with Gasteiger partial charge in [-0.05, 0) is 54.4 Å². The van der Waals surface area contributed by atoms with Gasteiger partial charge in [0.25, 0.3) is 11.6 Å². The van der Waals surface area contributed by atoms with E-state index in [0.29, 0.717) is 28.7 Å². The number of halogens is 1. The largest absolute Gasteiger partial charge is 0.489 e. The Bertz CT molecular complexity index is 1340. The summed E-state index contributed by atoms with van der Waals surface area (Å²) in [5.41, 5.74) is 3.16. The van der Waals surface area contributed by atoms with Gasteiger partial charge in [0.1, 0.15) is 12.4 Å². The fraction of sp³-hybridized carbons (Fsp3) is 0.120. The van der Waals surface area contributed by atoms with Crippen LogP contribution in [0.25, 0.3) is 0 Å². The quantitative estimate of drug-likeness (QED) is 0.262. The van der Waals surface area contributed by atoms with Gasteiger partial charge < -0.3 is 10.1 Å². The molecule has 0 aliphatic carbocycles. The average Bonchev–Trinajstić information content (AvgIpc) is 3.16. The van der Waals surface area contributed by atoms with E-state index in [4.69, 9.17) is 16.3 Å². The Hall–Kier alpha value is -4.17. The normalized spacial score (nSPS) is 10.6. The predicted octanol–water partition coefficient (Wildman–Crippen LogP) is 5.63. The van der Waals surface area contributed by atoms with E-state index >= 15 is 0 Å². The first-order valence-electron chi connectivity index (χ1n) is 10.4. The van der Waals surface area contributed by atoms with Crippen molar-refractivity contribution in [3.63, 3.8) is 0 Å². The summed E-state index contributed by atoms with van der Waals surface area (Å²) in [6, 6.07) is 22.3. The van der Waals surface area contributed by atoms with Crippen molar-refractivity contribution in [1.29, 1.82) is 0 Å². The van der Waals surface area contributed by atoms with Gasteiger partial charge in [0.15, 0.2) is 5.82 Å². The van der Waals surface area contributed by atoms with Crippen LogP contribution >= 0.6 is 11.6 Å². The lowest BCUT2D eigenvalue weighted by Gasteiger charge is -2.08. The predicted molar refractivity (Wildman–Crippen MR) is 129 cm³/mol. The molecule has 34 heavy (non-hydrogen) atoms. The van der Waals surface area contributed by atoms with Crippen LogP contribution in [-0.4, -0.2) is 20.6 Å². The Labute approximate surface area is 200 Å². The molecule has 8 nitrogen and oxygen atoms in total. The van der Waals surface area contributed by atoms with Gasteiger partial charge in [0, 0.05) is 34.5 Å². The summed E-state index contributed by atoms with van der Waals surface area (Å²) < 4.78 is 7.49. The minimum absolute atomic E-state index is 0.00346. The summed E-state index contributed by atoms with van der Waals surface area (Å²) in [6.07, 6.45) is 0. The van der Waals surface area contributed by atoms with Crippen molar-refractivity contribution in [3.05, 3.63) is 116 Å². The highest BCUT2D eigenvalue weighted by Gasteiger charge is 2.12. The number of hydrogen-bond acceptors (Lipinski definition) is 5. The topological polar surface area (TPSA) is 99.3 Å². The second kappa shape index (κ2) is 10.2. The number of ether oxygens (including phenoxy) is 1. The van der Waals surface area contributed by atoms with Crippen LogP contribution in [0.1, 0.15) is 27.2 Å². The molecule has 4 aromatic rings. The molecule has 1 amide bonds. The third kappa shape index (κ3) is 5.79. The maximum atomic E-state index is 12.8. The summed E-state index contributed by atoms with van der Waals surface area (Å²) in [5, 5.41) is 18.7.